The van der Waals surface area contributed by atoms with Gasteiger partial charge in [0.1, 0.15) is 0 Å². The Morgan fingerprint density at radius 1 is 0.679 bits per heavy atom. The Balaban J connectivity index is 0.000000184. The lowest BCUT2D eigenvalue weighted by Crippen LogP contribution is -2.09. The number of aryl methyl sites for hydroxylation is 1. The van der Waals surface area contributed by atoms with Crippen molar-refractivity contribution in [3.63, 3.8) is 0 Å². The van der Waals surface area contributed by atoms with Gasteiger partial charge in [-0.25, -0.2) is 0 Å². The molecule has 264 valence electrons. The largest absolute Gasteiger partial charge is 0.256 e. The van der Waals surface area contributed by atoms with Crippen LogP contribution in [0.1, 0.15) is 65.5 Å². The molecule has 0 bridgehead atoms. The Morgan fingerprint density at radius 2 is 1.38 bits per heavy atom. The Kier molecular flexibility index (Phi) is 10.7. The van der Waals surface area contributed by atoms with Crippen molar-refractivity contribution in [2.45, 2.75) is 66.2 Å². The van der Waals surface area contributed by atoms with E-state index in [1.165, 1.54) is 72.0 Å². The normalized spacial score (nSPS) is 16.3. The standard InChI is InChI=1S/C31H23NS.C18H20.C2H6/c1-2-21-17-24(23-15-16-29(32-20-23)22-9-4-3-5-10-22)19-25(18-21)26-12-8-13-28-27-11-6-7-14-30(27)33-31(26)28;1-13-9-7-8-12-16(13)17-14(2)18(17,3)15-10-5-4-6-11-15;1-2/h3-20H,2H2,1H3;4-6,8,10-12H,7,9H2,1-3H3;1-2H3. The molecular formula is C51H49NS. The van der Waals surface area contributed by atoms with Crippen LogP contribution < -0.4 is 0 Å². The van der Waals surface area contributed by atoms with Crippen LogP contribution in [-0.2, 0) is 11.8 Å². The van der Waals surface area contributed by atoms with Crippen LogP contribution in [0.25, 0.3) is 53.7 Å². The van der Waals surface area contributed by atoms with Gasteiger partial charge in [0.05, 0.1) is 5.69 Å². The highest BCUT2D eigenvalue weighted by Crippen LogP contribution is 2.58. The van der Waals surface area contributed by atoms with Crippen molar-refractivity contribution in [1.82, 2.24) is 4.98 Å². The van der Waals surface area contributed by atoms with Gasteiger partial charge < -0.3 is 0 Å². The Morgan fingerprint density at radius 3 is 2.09 bits per heavy atom. The number of hydrogen-bond donors (Lipinski definition) is 0. The Bertz CT molecular complexity index is 2460. The zero-order valence-electron chi connectivity index (χ0n) is 31.9. The first-order chi connectivity index (χ1) is 26.0. The van der Waals surface area contributed by atoms with Crippen LogP contribution in [0, 0.1) is 0 Å². The third-order valence-electron chi connectivity index (χ3n) is 10.9. The third-order valence-corrected chi connectivity index (χ3v) is 12.1. The fraction of sp³-hybridized carbons (Fsp3) is 0.196. The van der Waals surface area contributed by atoms with Crippen molar-refractivity contribution in [2.75, 3.05) is 0 Å². The molecule has 0 spiro atoms. The molecule has 1 nitrogen and oxygen atoms in total. The van der Waals surface area contributed by atoms with E-state index in [-0.39, 0.29) is 5.41 Å². The summed E-state index contributed by atoms with van der Waals surface area (Å²) in [5.74, 6) is 0. The second kappa shape index (κ2) is 15.7. The van der Waals surface area contributed by atoms with E-state index in [4.69, 9.17) is 4.98 Å². The van der Waals surface area contributed by atoms with Gasteiger partial charge in [0, 0.05) is 42.9 Å². The number of pyridine rings is 1. The van der Waals surface area contributed by atoms with Crippen LogP contribution in [-0.4, -0.2) is 4.98 Å². The molecule has 2 aliphatic carbocycles. The summed E-state index contributed by atoms with van der Waals surface area (Å²) in [6, 6.07) is 47.9. The molecule has 1 atom stereocenters. The molecule has 0 fully saturated rings. The molecule has 53 heavy (non-hydrogen) atoms. The maximum atomic E-state index is 4.76. The average Bonchev–Trinajstić information content (AvgIpc) is 3.57. The van der Waals surface area contributed by atoms with E-state index < -0.39 is 0 Å². The molecule has 2 aromatic heterocycles. The van der Waals surface area contributed by atoms with Gasteiger partial charge in [0.25, 0.3) is 0 Å². The van der Waals surface area contributed by atoms with E-state index in [0.717, 1.165) is 23.2 Å². The second-order valence-electron chi connectivity index (χ2n) is 14.0. The molecule has 0 saturated heterocycles. The van der Waals surface area contributed by atoms with Crippen molar-refractivity contribution < 1.29 is 0 Å². The molecule has 1 unspecified atom stereocenters. The molecule has 2 heteroatoms. The lowest BCUT2D eigenvalue weighted by molar-refractivity contribution is 0.805. The van der Waals surface area contributed by atoms with Gasteiger partial charge >= 0.3 is 0 Å². The molecule has 0 N–H and O–H groups in total. The van der Waals surface area contributed by atoms with E-state index in [0.29, 0.717) is 0 Å². The zero-order valence-corrected chi connectivity index (χ0v) is 32.7. The summed E-state index contributed by atoms with van der Waals surface area (Å²) >= 11 is 1.89. The van der Waals surface area contributed by atoms with Crippen molar-refractivity contribution in [3.8, 4) is 33.5 Å². The van der Waals surface area contributed by atoms with E-state index in [9.17, 15) is 0 Å². The van der Waals surface area contributed by atoms with Crippen molar-refractivity contribution in [3.05, 3.63) is 185 Å². The number of nitrogens with zero attached hydrogens (tertiary/aromatic N) is 1. The fourth-order valence-electron chi connectivity index (χ4n) is 7.75. The molecule has 7 aromatic rings. The van der Waals surface area contributed by atoms with Gasteiger partial charge in [-0.3, -0.25) is 4.98 Å². The molecule has 0 amide bonds. The second-order valence-corrected chi connectivity index (χ2v) is 15.0. The molecule has 0 saturated carbocycles. The lowest BCUT2D eigenvalue weighted by atomic mass is 9.86. The van der Waals surface area contributed by atoms with Gasteiger partial charge in [0.15, 0.2) is 0 Å². The average molecular weight is 708 g/mol. The summed E-state index contributed by atoms with van der Waals surface area (Å²) in [5.41, 5.74) is 16.2. The molecular weight excluding hydrogens is 659 g/mol. The highest BCUT2D eigenvalue weighted by molar-refractivity contribution is 7.26. The highest BCUT2D eigenvalue weighted by atomic mass is 32.1. The highest BCUT2D eigenvalue weighted by Gasteiger charge is 2.48. The zero-order chi connectivity index (χ0) is 37.0. The summed E-state index contributed by atoms with van der Waals surface area (Å²) in [6.07, 6.45) is 10.1. The van der Waals surface area contributed by atoms with E-state index in [1.807, 2.05) is 37.4 Å². The summed E-state index contributed by atoms with van der Waals surface area (Å²) in [7, 11) is 0. The predicted molar refractivity (Wildman–Crippen MR) is 232 cm³/mol. The van der Waals surface area contributed by atoms with Crippen LogP contribution in [0.3, 0.4) is 0 Å². The SMILES string of the molecule is CC.CC1=C(C2=C(C)C2(C)c2ccccc2)C=CCC1.CCc1cc(-c2ccc(-c3ccccc3)nc2)cc(-c2cccc3c2sc2ccccc23)c1. The van der Waals surface area contributed by atoms with Crippen LogP contribution >= 0.6 is 11.3 Å². The van der Waals surface area contributed by atoms with Crippen LogP contribution in [0.2, 0.25) is 0 Å². The summed E-state index contributed by atoms with van der Waals surface area (Å²) < 4.78 is 2.70. The number of hydrogen-bond acceptors (Lipinski definition) is 2. The fourth-order valence-corrected chi connectivity index (χ4v) is 8.98. The van der Waals surface area contributed by atoms with Crippen molar-refractivity contribution >= 4 is 31.5 Å². The summed E-state index contributed by atoms with van der Waals surface area (Å²) in [4.78, 5) is 4.76. The molecule has 2 aliphatic rings. The van der Waals surface area contributed by atoms with Gasteiger partial charge in [-0.05, 0) is 97.2 Å². The van der Waals surface area contributed by atoms with Gasteiger partial charge in [0.2, 0.25) is 0 Å². The summed E-state index contributed by atoms with van der Waals surface area (Å²) in [6.45, 7) is 13.1. The molecule has 0 aliphatic heterocycles. The first-order valence-electron chi connectivity index (χ1n) is 19.2. The monoisotopic (exact) mass is 707 g/mol. The molecule has 2 heterocycles. The van der Waals surface area contributed by atoms with Crippen LogP contribution in [0.15, 0.2) is 174 Å². The first-order valence-corrected chi connectivity index (χ1v) is 20.0. The minimum absolute atomic E-state index is 0.180. The topological polar surface area (TPSA) is 12.9 Å². The smallest absolute Gasteiger partial charge is 0.0702 e. The number of aromatic nitrogens is 1. The quantitative estimate of drug-likeness (QED) is 0.168. The first kappa shape index (κ1) is 36.1. The maximum absolute atomic E-state index is 4.76. The molecule has 9 rings (SSSR count). The van der Waals surface area contributed by atoms with Gasteiger partial charge in [-0.15, -0.1) is 11.3 Å². The van der Waals surface area contributed by atoms with Crippen molar-refractivity contribution in [1.29, 1.82) is 0 Å². The minimum Gasteiger partial charge on any atom is -0.256 e. The van der Waals surface area contributed by atoms with E-state index in [2.05, 4.69) is 167 Å². The van der Waals surface area contributed by atoms with E-state index >= 15 is 0 Å². The number of benzene rings is 5. The van der Waals surface area contributed by atoms with Crippen LogP contribution in [0.5, 0.6) is 0 Å². The Hall–Kier alpha value is -5.31. The molecule has 0 radical (unpaired) electrons. The summed E-state index contributed by atoms with van der Waals surface area (Å²) in [5, 5.41) is 2.68. The van der Waals surface area contributed by atoms with Gasteiger partial charge in [-0.2, -0.15) is 0 Å². The predicted octanol–water partition coefficient (Wildman–Crippen LogP) is 15.0. The Labute approximate surface area is 320 Å². The van der Waals surface area contributed by atoms with Crippen LogP contribution in [0.4, 0.5) is 0 Å². The number of rotatable bonds is 6. The third kappa shape index (κ3) is 7.09. The van der Waals surface area contributed by atoms with E-state index in [1.54, 1.807) is 11.1 Å². The lowest BCUT2D eigenvalue weighted by Gasteiger charge is -2.18. The minimum atomic E-state index is 0.180. The number of thiophene rings is 1. The maximum Gasteiger partial charge on any atom is 0.0702 e. The number of allylic oxidation sites excluding steroid dienone is 6. The van der Waals surface area contributed by atoms with Gasteiger partial charge in [-0.1, -0.05) is 159 Å². The van der Waals surface area contributed by atoms with Crippen molar-refractivity contribution in [2.24, 2.45) is 0 Å². The molecule has 5 aromatic carbocycles. The number of fused-ring (bicyclic) bond motifs is 3.